The van der Waals surface area contributed by atoms with Crippen LogP contribution in [0, 0.1) is 40.4 Å². The normalized spacial score (nSPS) is 52.4. The maximum atomic E-state index is 12.8. The summed E-state index contributed by atoms with van der Waals surface area (Å²) in [5.41, 5.74) is 0.0422. The van der Waals surface area contributed by atoms with Crippen LogP contribution in [0.1, 0.15) is 78.6 Å². The van der Waals surface area contributed by atoms with Crippen LogP contribution >= 0.6 is 0 Å². The molecule has 13 unspecified atom stereocenters. The van der Waals surface area contributed by atoms with Crippen molar-refractivity contribution in [3.05, 3.63) is 12.7 Å². The topological polar surface area (TPSA) is 102 Å². The molecule has 5 rings (SSSR count). The number of aliphatic hydroxyl groups is 2. The Balaban J connectivity index is 1.28. The lowest BCUT2D eigenvalue weighted by molar-refractivity contribution is -0.310. The van der Waals surface area contributed by atoms with Gasteiger partial charge in [0.2, 0.25) is 0 Å². The monoisotopic (exact) mass is 504 g/mol. The Bertz CT molecular complexity index is 861. The SMILES string of the molecule is C=CC1CCC2C3CCC4CC(OC5OC(C)C(O)C(OC(C)=O)C5O)CCC4(C=O)C3CCC12C. The molecule has 13 atom stereocenters. The van der Waals surface area contributed by atoms with Gasteiger partial charge in [-0.15, -0.1) is 6.58 Å². The van der Waals surface area contributed by atoms with E-state index in [0.29, 0.717) is 29.1 Å². The molecule has 0 spiro atoms. The van der Waals surface area contributed by atoms with Crippen LogP contribution < -0.4 is 0 Å². The minimum absolute atomic E-state index is 0.148. The summed E-state index contributed by atoms with van der Waals surface area (Å²) in [5, 5.41) is 21.1. The van der Waals surface area contributed by atoms with E-state index in [1.165, 1.54) is 38.9 Å². The van der Waals surface area contributed by atoms with E-state index in [0.717, 1.165) is 32.1 Å². The van der Waals surface area contributed by atoms with Crippen LogP contribution in [0.2, 0.25) is 0 Å². The summed E-state index contributed by atoms with van der Waals surface area (Å²) in [7, 11) is 0. The number of aliphatic hydroxyl groups excluding tert-OH is 2. The Morgan fingerprint density at radius 1 is 1.06 bits per heavy atom. The molecule has 7 heteroatoms. The van der Waals surface area contributed by atoms with Gasteiger partial charge < -0.3 is 29.2 Å². The summed E-state index contributed by atoms with van der Waals surface area (Å²) in [4.78, 5) is 24.3. The van der Waals surface area contributed by atoms with E-state index >= 15 is 0 Å². The fourth-order valence-corrected chi connectivity index (χ4v) is 9.32. The maximum Gasteiger partial charge on any atom is 0.303 e. The number of rotatable bonds is 5. The second-order valence-corrected chi connectivity index (χ2v) is 12.6. The first kappa shape index (κ1) is 26.3. The van der Waals surface area contributed by atoms with Crippen molar-refractivity contribution in [2.24, 2.45) is 40.4 Å². The highest BCUT2D eigenvalue weighted by molar-refractivity contribution is 5.66. The molecule has 1 saturated heterocycles. The van der Waals surface area contributed by atoms with E-state index in [-0.39, 0.29) is 17.4 Å². The van der Waals surface area contributed by atoms with Crippen LogP contribution in [-0.4, -0.2) is 59.3 Å². The number of fused-ring (bicyclic) bond motifs is 5. The van der Waals surface area contributed by atoms with Gasteiger partial charge in [-0.05, 0) is 99.7 Å². The molecule has 202 valence electrons. The third kappa shape index (κ3) is 4.09. The number of hydrogen-bond donors (Lipinski definition) is 2. The van der Waals surface area contributed by atoms with Crippen molar-refractivity contribution in [1.29, 1.82) is 0 Å². The first-order chi connectivity index (χ1) is 17.1. The highest BCUT2D eigenvalue weighted by Gasteiger charge is 2.61. The van der Waals surface area contributed by atoms with Gasteiger partial charge >= 0.3 is 5.97 Å². The molecule has 0 amide bonds. The van der Waals surface area contributed by atoms with E-state index in [4.69, 9.17) is 14.2 Å². The minimum Gasteiger partial charge on any atom is -0.457 e. The van der Waals surface area contributed by atoms with Gasteiger partial charge in [0, 0.05) is 12.3 Å². The van der Waals surface area contributed by atoms with Gasteiger partial charge in [0.05, 0.1) is 12.2 Å². The molecule has 0 bridgehead atoms. The zero-order valence-corrected chi connectivity index (χ0v) is 22.0. The van der Waals surface area contributed by atoms with Crippen molar-refractivity contribution < 1.29 is 34.0 Å². The highest BCUT2D eigenvalue weighted by atomic mass is 16.7. The second kappa shape index (κ2) is 9.79. The van der Waals surface area contributed by atoms with E-state index in [9.17, 15) is 19.8 Å². The fraction of sp³-hybridized carbons (Fsp3) is 0.862. The number of carbonyl (C=O) groups excluding carboxylic acids is 2. The van der Waals surface area contributed by atoms with E-state index < -0.39 is 36.7 Å². The Hall–Kier alpha value is -1.28. The molecule has 0 aromatic carbocycles. The third-order valence-corrected chi connectivity index (χ3v) is 11.2. The molecule has 4 saturated carbocycles. The van der Waals surface area contributed by atoms with E-state index in [1.54, 1.807) is 6.92 Å². The summed E-state index contributed by atoms with van der Waals surface area (Å²) < 4.78 is 17.2. The van der Waals surface area contributed by atoms with Crippen LogP contribution in [0.3, 0.4) is 0 Å². The minimum atomic E-state index is -1.27. The first-order valence-corrected chi connectivity index (χ1v) is 14.1. The third-order valence-electron chi connectivity index (χ3n) is 11.2. The lowest BCUT2D eigenvalue weighted by Crippen LogP contribution is -2.60. The quantitative estimate of drug-likeness (QED) is 0.254. The van der Waals surface area contributed by atoms with Crippen molar-refractivity contribution in [2.45, 2.75) is 115 Å². The summed E-state index contributed by atoms with van der Waals surface area (Å²) in [6, 6.07) is 0. The molecule has 5 aliphatic rings. The fourth-order valence-electron chi connectivity index (χ4n) is 9.32. The lowest BCUT2D eigenvalue weighted by Gasteiger charge is -2.60. The second-order valence-electron chi connectivity index (χ2n) is 12.6. The number of ether oxygens (including phenoxy) is 3. The van der Waals surface area contributed by atoms with Gasteiger partial charge in [0.1, 0.15) is 18.5 Å². The Morgan fingerprint density at radius 3 is 2.53 bits per heavy atom. The molecule has 7 nitrogen and oxygen atoms in total. The summed E-state index contributed by atoms with van der Waals surface area (Å²) in [6.45, 7) is 9.53. The van der Waals surface area contributed by atoms with Crippen LogP contribution in [0.4, 0.5) is 0 Å². The van der Waals surface area contributed by atoms with Gasteiger partial charge in [-0.2, -0.15) is 0 Å². The van der Waals surface area contributed by atoms with Crippen LogP contribution in [-0.2, 0) is 23.8 Å². The molecule has 1 aliphatic heterocycles. The number of allylic oxidation sites excluding steroid dienone is 1. The molecular formula is C29H44O7. The van der Waals surface area contributed by atoms with Crippen LogP contribution in [0.15, 0.2) is 12.7 Å². The molecule has 0 aromatic heterocycles. The highest BCUT2D eigenvalue weighted by Crippen LogP contribution is 2.67. The van der Waals surface area contributed by atoms with Crippen LogP contribution in [0.25, 0.3) is 0 Å². The maximum absolute atomic E-state index is 12.8. The number of hydrogen-bond acceptors (Lipinski definition) is 7. The average Bonchev–Trinajstić information content (AvgIpc) is 3.21. The van der Waals surface area contributed by atoms with Crippen molar-refractivity contribution in [3.8, 4) is 0 Å². The van der Waals surface area contributed by atoms with Crippen molar-refractivity contribution in [1.82, 2.24) is 0 Å². The van der Waals surface area contributed by atoms with Crippen molar-refractivity contribution in [2.75, 3.05) is 0 Å². The Morgan fingerprint density at radius 2 is 1.83 bits per heavy atom. The molecular weight excluding hydrogens is 460 g/mol. The smallest absolute Gasteiger partial charge is 0.303 e. The van der Waals surface area contributed by atoms with Crippen molar-refractivity contribution >= 4 is 12.3 Å². The van der Waals surface area contributed by atoms with E-state index in [1.807, 2.05) is 0 Å². The van der Waals surface area contributed by atoms with Gasteiger partial charge in [-0.3, -0.25) is 4.79 Å². The molecule has 36 heavy (non-hydrogen) atoms. The zero-order chi connectivity index (χ0) is 25.8. The molecule has 5 fully saturated rings. The molecule has 0 aromatic rings. The van der Waals surface area contributed by atoms with Crippen molar-refractivity contribution in [3.63, 3.8) is 0 Å². The molecule has 4 aliphatic carbocycles. The molecule has 0 radical (unpaired) electrons. The standard InChI is InChI=1S/C29H44O7/c1-5-18-7-9-22-21-8-6-19-14-20(10-13-29(19,15-30)23(21)11-12-28(18,22)4)36-27-25(33)26(35-17(3)31)24(32)16(2)34-27/h5,15-16,18-27,32-33H,1,6-14H2,2-4H3. The number of carbonyl (C=O) groups is 2. The Kier molecular flexibility index (Phi) is 7.16. The van der Waals surface area contributed by atoms with Gasteiger partial charge in [0.15, 0.2) is 12.4 Å². The van der Waals surface area contributed by atoms with Crippen LogP contribution in [0.5, 0.6) is 0 Å². The van der Waals surface area contributed by atoms with Gasteiger partial charge in [0.25, 0.3) is 0 Å². The lowest BCUT2D eigenvalue weighted by atomic mass is 9.44. The zero-order valence-electron chi connectivity index (χ0n) is 22.0. The average molecular weight is 505 g/mol. The Labute approximate surface area is 214 Å². The van der Waals surface area contributed by atoms with Gasteiger partial charge in [-0.1, -0.05) is 13.0 Å². The molecule has 2 N–H and O–H groups in total. The van der Waals surface area contributed by atoms with Gasteiger partial charge in [-0.25, -0.2) is 0 Å². The number of aldehydes is 1. The first-order valence-electron chi connectivity index (χ1n) is 14.1. The summed E-state index contributed by atoms with van der Waals surface area (Å²) in [5.74, 6) is 2.03. The summed E-state index contributed by atoms with van der Waals surface area (Å²) >= 11 is 0. The van der Waals surface area contributed by atoms with E-state index in [2.05, 4.69) is 19.6 Å². The number of esters is 1. The molecule has 1 heterocycles. The predicted molar refractivity (Wildman–Crippen MR) is 133 cm³/mol. The predicted octanol–water partition coefficient (Wildman–Crippen LogP) is 3.79. The summed E-state index contributed by atoms with van der Waals surface area (Å²) in [6.07, 6.45) is 7.50. The largest absolute Gasteiger partial charge is 0.457 e.